The summed E-state index contributed by atoms with van der Waals surface area (Å²) >= 11 is 2.82. The van der Waals surface area contributed by atoms with Gasteiger partial charge in [-0.1, -0.05) is 0 Å². The minimum absolute atomic E-state index is 0.114. The highest BCUT2D eigenvalue weighted by Crippen LogP contribution is 2.30. The van der Waals surface area contributed by atoms with E-state index >= 15 is 0 Å². The molecule has 4 rings (SSSR count). The summed E-state index contributed by atoms with van der Waals surface area (Å²) in [6.45, 7) is 0.140. The molecule has 0 bridgehead atoms. The third-order valence-electron chi connectivity index (χ3n) is 4.23. The number of nitrogens with zero attached hydrogens (tertiary/aromatic N) is 4. The molecule has 0 saturated carbocycles. The molecule has 0 aliphatic carbocycles. The van der Waals surface area contributed by atoms with Crippen LogP contribution in [0.25, 0.3) is 10.3 Å². The SMILES string of the molecule is Cn1c(C(=O)NCc2csc(CO)n2)c(C=N)c2sc(Cc3ccn[nH]3)nc21. The Kier molecular flexibility index (Phi) is 5.03. The molecule has 0 fully saturated rings. The van der Waals surface area contributed by atoms with Crippen molar-refractivity contribution >= 4 is 45.1 Å². The van der Waals surface area contributed by atoms with E-state index in [1.54, 1.807) is 23.2 Å². The zero-order valence-corrected chi connectivity index (χ0v) is 16.5. The van der Waals surface area contributed by atoms with Crippen LogP contribution in [-0.4, -0.2) is 42.0 Å². The second-order valence-corrected chi connectivity index (χ2v) is 8.08. The van der Waals surface area contributed by atoms with E-state index in [1.807, 2.05) is 6.07 Å². The first-order valence-electron chi connectivity index (χ1n) is 8.39. The van der Waals surface area contributed by atoms with Crippen molar-refractivity contribution in [2.45, 2.75) is 19.6 Å². The Balaban J connectivity index is 1.59. The number of carbonyl (C=O) groups excluding carboxylic acids is 1. The molecule has 0 atom stereocenters. The van der Waals surface area contributed by atoms with Gasteiger partial charge in [-0.25, -0.2) is 9.97 Å². The molecule has 4 aromatic heterocycles. The number of nitrogens with one attached hydrogen (secondary N) is 3. The van der Waals surface area contributed by atoms with E-state index in [4.69, 9.17) is 10.5 Å². The maximum Gasteiger partial charge on any atom is 0.269 e. The van der Waals surface area contributed by atoms with Crippen molar-refractivity contribution in [1.82, 2.24) is 30.0 Å². The molecule has 144 valence electrons. The van der Waals surface area contributed by atoms with Crippen LogP contribution < -0.4 is 5.32 Å². The van der Waals surface area contributed by atoms with Crippen LogP contribution in [0.4, 0.5) is 0 Å². The number of carbonyl (C=O) groups is 1. The number of rotatable bonds is 7. The fourth-order valence-corrected chi connectivity index (χ4v) is 4.73. The highest BCUT2D eigenvalue weighted by Gasteiger charge is 2.23. The first kappa shape index (κ1) is 18.5. The van der Waals surface area contributed by atoms with Crippen LogP contribution in [0.3, 0.4) is 0 Å². The maximum absolute atomic E-state index is 12.8. The Morgan fingerprint density at radius 1 is 1.43 bits per heavy atom. The van der Waals surface area contributed by atoms with E-state index < -0.39 is 0 Å². The fraction of sp³-hybridized carbons (Fsp3) is 0.235. The molecule has 9 nitrogen and oxygen atoms in total. The van der Waals surface area contributed by atoms with E-state index in [9.17, 15) is 4.79 Å². The number of amides is 1. The van der Waals surface area contributed by atoms with Crippen molar-refractivity contribution < 1.29 is 9.90 Å². The van der Waals surface area contributed by atoms with Gasteiger partial charge in [0.05, 0.1) is 23.5 Å². The van der Waals surface area contributed by atoms with Crippen molar-refractivity contribution in [3.8, 4) is 0 Å². The average molecular weight is 416 g/mol. The van der Waals surface area contributed by atoms with Gasteiger partial charge in [0, 0.05) is 42.5 Å². The minimum Gasteiger partial charge on any atom is -0.389 e. The lowest BCUT2D eigenvalue weighted by Gasteiger charge is -2.06. The van der Waals surface area contributed by atoms with Gasteiger partial charge in [0.15, 0.2) is 5.65 Å². The van der Waals surface area contributed by atoms with Gasteiger partial charge in [-0.2, -0.15) is 5.10 Å². The third kappa shape index (κ3) is 3.35. The zero-order valence-electron chi connectivity index (χ0n) is 14.9. The normalized spacial score (nSPS) is 11.2. The lowest BCUT2D eigenvalue weighted by atomic mass is 10.2. The van der Waals surface area contributed by atoms with Crippen molar-refractivity contribution in [2.75, 3.05) is 0 Å². The summed E-state index contributed by atoms with van der Waals surface area (Å²) in [5, 5.41) is 29.9. The van der Waals surface area contributed by atoms with Gasteiger partial charge >= 0.3 is 0 Å². The van der Waals surface area contributed by atoms with Crippen molar-refractivity contribution in [3.05, 3.63) is 50.3 Å². The molecule has 0 unspecified atom stereocenters. The van der Waals surface area contributed by atoms with Gasteiger partial charge in [0.25, 0.3) is 5.91 Å². The number of hydrogen-bond acceptors (Lipinski definition) is 8. The summed E-state index contributed by atoms with van der Waals surface area (Å²) in [4.78, 5) is 21.6. The fourth-order valence-electron chi connectivity index (χ4n) is 2.94. The Labute approximate surface area is 167 Å². The van der Waals surface area contributed by atoms with Crippen LogP contribution in [0.5, 0.6) is 0 Å². The molecular formula is C17H17N7O2S2. The second kappa shape index (κ2) is 7.62. The van der Waals surface area contributed by atoms with Crippen LogP contribution in [0.1, 0.15) is 37.5 Å². The largest absolute Gasteiger partial charge is 0.389 e. The number of aromatic nitrogens is 5. The first-order chi connectivity index (χ1) is 13.6. The number of thiazole rings is 2. The van der Waals surface area contributed by atoms with Gasteiger partial charge in [-0.05, 0) is 6.07 Å². The van der Waals surface area contributed by atoms with Crippen LogP contribution in [0.2, 0.25) is 0 Å². The summed E-state index contributed by atoms with van der Waals surface area (Å²) < 4.78 is 2.53. The van der Waals surface area contributed by atoms with Gasteiger partial charge in [-0.3, -0.25) is 9.89 Å². The molecule has 0 saturated heterocycles. The van der Waals surface area contributed by atoms with Crippen LogP contribution in [0, 0.1) is 5.41 Å². The quantitative estimate of drug-likeness (QED) is 0.342. The highest BCUT2D eigenvalue weighted by molar-refractivity contribution is 7.19. The molecular weight excluding hydrogens is 398 g/mol. The topological polar surface area (TPSA) is 133 Å². The van der Waals surface area contributed by atoms with E-state index in [-0.39, 0.29) is 19.1 Å². The lowest BCUT2D eigenvalue weighted by Crippen LogP contribution is -2.26. The number of hydrogen-bond donors (Lipinski definition) is 4. The van der Waals surface area contributed by atoms with Gasteiger partial charge in [0.1, 0.15) is 15.7 Å². The molecule has 4 heterocycles. The van der Waals surface area contributed by atoms with E-state index in [2.05, 4.69) is 25.5 Å². The summed E-state index contributed by atoms with van der Waals surface area (Å²) in [5.74, 6) is -0.292. The minimum atomic E-state index is -0.292. The average Bonchev–Trinajstić information content (AvgIpc) is 3.46. The Bertz CT molecular complexity index is 1140. The number of aromatic amines is 1. The molecule has 28 heavy (non-hydrogen) atoms. The molecule has 1 amide bonds. The van der Waals surface area contributed by atoms with Crippen LogP contribution in [0.15, 0.2) is 17.6 Å². The molecule has 0 aliphatic heterocycles. The zero-order chi connectivity index (χ0) is 19.7. The molecule has 0 aliphatic rings. The van der Waals surface area contributed by atoms with E-state index in [1.165, 1.54) is 28.9 Å². The molecule has 4 aromatic rings. The molecule has 11 heteroatoms. The molecule has 0 spiro atoms. The van der Waals surface area contributed by atoms with Crippen molar-refractivity contribution in [2.24, 2.45) is 7.05 Å². The van der Waals surface area contributed by atoms with Crippen LogP contribution in [-0.2, 0) is 26.6 Å². The second-order valence-electron chi connectivity index (χ2n) is 6.06. The van der Waals surface area contributed by atoms with Gasteiger partial charge in [-0.15, -0.1) is 22.7 Å². The third-order valence-corrected chi connectivity index (χ3v) is 6.19. The van der Waals surface area contributed by atoms with Crippen molar-refractivity contribution in [1.29, 1.82) is 5.41 Å². The van der Waals surface area contributed by atoms with E-state index in [0.29, 0.717) is 34.0 Å². The summed E-state index contributed by atoms with van der Waals surface area (Å²) in [5.41, 5.74) is 3.28. The Morgan fingerprint density at radius 3 is 2.96 bits per heavy atom. The molecule has 0 radical (unpaired) electrons. The van der Waals surface area contributed by atoms with E-state index in [0.717, 1.165) is 15.4 Å². The monoisotopic (exact) mass is 415 g/mol. The highest BCUT2D eigenvalue weighted by atomic mass is 32.1. The predicted molar refractivity (Wildman–Crippen MR) is 107 cm³/mol. The number of fused-ring (bicyclic) bond motifs is 1. The molecule has 4 N–H and O–H groups in total. The summed E-state index contributed by atoms with van der Waals surface area (Å²) in [6, 6.07) is 1.89. The smallest absolute Gasteiger partial charge is 0.269 e. The Hall–Kier alpha value is -2.89. The lowest BCUT2D eigenvalue weighted by molar-refractivity contribution is 0.0942. The van der Waals surface area contributed by atoms with Gasteiger partial charge < -0.3 is 20.4 Å². The first-order valence-corrected chi connectivity index (χ1v) is 10.1. The van der Waals surface area contributed by atoms with Crippen LogP contribution >= 0.6 is 22.7 Å². The maximum atomic E-state index is 12.8. The molecule has 0 aromatic carbocycles. The predicted octanol–water partition coefficient (Wildman–Crippen LogP) is 1.83. The standard InChI is InChI=1S/C17H17N7O2S2/c1-24-14(17(26)19-6-10-8-27-13(7-25)21-10)11(5-18)15-16(24)22-12(28-15)4-9-2-3-20-23-9/h2-3,5,8,18,25H,4,6-7H2,1H3,(H,19,26)(H,20,23). The Morgan fingerprint density at radius 2 is 2.29 bits per heavy atom. The number of H-pyrrole nitrogens is 1. The van der Waals surface area contributed by atoms with Crippen molar-refractivity contribution in [3.63, 3.8) is 0 Å². The summed E-state index contributed by atoms with van der Waals surface area (Å²) in [6.07, 6.45) is 3.51. The summed E-state index contributed by atoms with van der Waals surface area (Å²) in [7, 11) is 1.77. The van der Waals surface area contributed by atoms with Gasteiger partial charge in [0.2, 0.25) is 0 Å². The number of aryl methyl sites for hydroxylation is 1. The number of aliphatic hydroxyl groups is 1. The number of aliphatic hydroxyl groups excluding tert-OH is 1.